The van der Waals surface area contributed by atoms with Crippen molar-refractivity contribution in [2.75, 3.05) is 0 Å². The quantitative estimate of drug-likeness (QED) is 0.916. The third-order valence-corrected chi connectivity index (χ3v) is 4.36. The van der Waals surface area contributed by atoms with E-state index in [-0.39, 0.29) is 0 Å². The van der Waals surface area contributed by atoms with Gasteiger partial charge in [0.25, 0.3) is 0 Å². The molecule has 3 rings (SSSR count). The Balaban J connectivity index is 2.00. The Labute approximate surface area is 109 Å². The summed E-state index contributed by atoms with van der Waals surface area (Å²) in [5, 5.41) is 1.82. The predicted molar refractivity (Wildman–Crippen MR) is 72.4 cm³/mol. The van der Waals surface area contributed by atoms with Crippen molar-refractivity contribution in [3.05, 3.63) is 39.9 Å². The molecule has 0 atom stereocenters. The second-order valence-corrected chi connectivity index (χ2v) is 5.83. The number of benzene rings is 1. The molecule has 1 aromatic heterocycles. The molecule has 1 aliphatic carbocycles. The van der Waals surface area contributed by atoms with Crippen LogP contribution in [0.3, 0.4) is 0 Å². The SMILES string of the molecule is NCc1sc(-c2ccc(Cl)cc2)nc1C1CC1. The zero-order chi connectivity index (χ0) is 11.8. The Morgan fingerprint density at radius 1 is 1.29 bits per heavy atom. The normalized spacial score (nSPS) is 15.2. The predicted octanol–water partition coefficient (Wildman–Crippen LogP) is 3.80. The summed E-state index contributed by atoms with van der Waals surface area (Å²) < 4.78 is 0. The molecule has 0 amide bonds. The zero-order valence-corrected chi connectivity index (χ0v) is 10.9. The van der Waals surface area contributed by atoms with E-state index >= 15 is 0 Å². The summed E-state index contributed by atoms with van der Waals surface area (Å²) in [4.78, 5) is 5.97. The van der Waals surface area contributed by atoms with Gasteiger partial charge in [0.05, 0.1) is 5.69 Å². The minimum atomic E-state index is 0.594. The maximum absolute atomic E-state index is 5.89. The summed E-state index contributed by atoms with van der Waals surface area (Å²) in [5.41, 5.74) is 8.13. The average Bonchev–Trinajstić information content (AvgIpc) is 3.10. The van der Waals surface area contributed by atoms with Crippen molar-refractivity contribution in [3.63, 3.8) is 0 Å². The van der Waals surface area contributed by atoms with Gasteiger partial charge in [0.1, 0.15) is 5.01 Å². The number of aromatic nitrogens is 1. The number of halogens is 1. The van der Waals surface area contributed by atoms with Gasteiger partial charge in [-0.15, -0.1) is 11.3 Å². The lowest BCUT2D eigenvalue weighted by Crippen LogP contribution is -1.96. The molecule has 2 aromatic rings. The molecule has 88 valence electrons. The fourth-order valence-corrected chi connectivity index (χ4v) is 3.06. The van der Waals surface area contributed by atoms with Gasteiger partial charge in [-0.3, -0.25) is 0 Å². The lowest BCUT2D eigenvalue weighted by atomic mass is 10.2. The molecule has 1 saturated carbocycles. The van der Waals surface area contributed by atoms with Crippen LogP contribution in [0.25, 0.3) is 10.6 Å². The van der Waals surface area contributed by atoms with Gasteiger partial charge in [-0.2, -0.15) is 0 Å². The average molecular weight is 265 g/mol. The maximum Gasteiger partial charge on any atom is 0.123 e. The molecule has 1 fully saturated rings. The topological polar surface area (TPSA) is 38.9 Å². The maximum atomic E-state index is 5.89. The molecule has 17 heavy (non-hydrogen) atoms. The number of nitrogens with zero attached hydrogens (tertiary/aromatic N) is 1. The molecule has 2 nitrogen and oxygen atoms in total. The van der Waals surface area contributed by atoms with E-state index in [2.05, 4.69) is 0 Å². The van der Waals surface area contributed by atoms with Crippen molar-refractivity contribution in [2.45, 2.75) is 25.3 Å². The van der Waals surface area contributed by atoms with Gasteiger partial charge in [-0.05, 0) is 25.0 Å². The van der Waals surface area contributed by atoms with E-state index < -0.39 is 0 Å². The summed E-state index contributed by atoms with van der Waals surface area (Å²) in [6, 6.07) is 7.82. The van der Waals surface area contributed by atoms with Crippen molar-refractivity contribution in [1.29, 1.82) is 0 Å². The Bertz CT molecular complexity index is 529. The number of hydrogen-bond donors (Lipinski definition) is 1. The molecular formula is C13H13ClN2S. The van der Waals surface area contributed by atoms with Crippen molar-refractivity contribution >= 4 is 22.9 Å². The van der Waals surface area contributed by atoms with Crippen LogP contribution in [0.2, 0.25) is 5.02 Å². The first-order valence-corrected chi connectivity index (χ1v) is 6.93. The molecule has 0 saturated heterocycles. The number of thiazole rings is 1. The monoisotopic (exact) mass is 264 g/mol. The Morgan fingerprint density at radius 2 is 2.00 bits per heavy atom. The highest BCUT2D eigenvalue weighted by Gasteiger charge is 2.29. The number of hydrogen-bond acceptors (Lipinski definition) is 3. The smallest absolute Gasteiger partial charge is 0.123 e. The van der Waals surface area contributed by atoms with E-state index in [0.717, 1.165) is 15.6 Å². The summed E-state index contributed by atoms with van der Waals surface area (Å²) in [5.74, 6) is 0.658. The minimum absolute atomic E-state index is 0.594. The second kappa shape index (κ2) is 4.41. The summed E-state index contributed by atoms with van der Waals surface area (Å²) >= 11 is 7.59. The van der Waals surface area contributed by atoms with Crippen molar-refractivity contribution in [2.24, 2.45) is 5.73 Å². The van der Waals surface area contributed by atoms with Crippen LogP contribution >= 0.6 is 22.9 Å². The summed E-state index contributed by atoms with van der Waals surface area (Å²) in [7, 11) is 0. The Kier molecular flexibility index (Phi) is 2.90. The van der Waals surface area contributed by atoms with E-state index in [1.54, 1.807) is 11.3 Å². The first kappa shape index (κ1) is 11.2. The van der Waals surface area contributed by atoms with Crippen LogP contribution in [0.15, 0.2) is 24.3 Å². The first-order chi connectivity index (χ1) is 8.28. The second-order valence-electron chi connectivity index (χ2n) is 4.31. The molecule has 0 bridgehead atoms. The lowest BCUT2D eigenvalue weighted by Gasteiger charge is -1.95. The zero-order valence-electron chi connectivity index (χ0n) is 9.32. The molecule has 1 aliphatic rings. The van der Waals surface area contributed by atoms with Crippen LogP contribution in [0, 0.1) is 0 Å². The number of rotatable bonds is 3. The van der Waals surface area contributed by atoms with E-state index in [1.165, 1.54) is 23.4 Å². The molecular weight excluding hydrogens is 252 g/mol. The number of nitrogens with two attached hydrogens (primary N) is 1. The molecule has 1 aromatic carbocycles. The first-order valence-electron chi connectivity index (χ1n) is 5.73. The molecule has 1 heterocycles. The Hall–Kier alpha value is -0.900. The van der Waals surface area contributed by atoms with Crippen molar-refractivity contribution in [1.82, 2.24) is 4.98 Å². The molecule has 0 aliphatic heterocycles. The van der Waals surface area contributed by atoms with Crippen LogP contribution in [0.4, 0.5) is 0 Å². The van der Waals surface area contributed by atoms with Gasteiger partial charge >= 0.3 is 0 Å². The van der Waals surface area contributed by atoms with Crippen LogP contribution in [-0.2, 0) is 6.54 Å². The van der Waals surface area contributed by atoms with E-state index in [1.807, 2.05) is 24.3 Å². The summed E-state index contributed by atoms with van der Waals surface area (Å²) in [6.07, 6.45) is 2.52. The van der Waals surface area contributed by atoms with Gasteiger partial charge in [-0.25, -0.2) is 4.98 Å². The molecule has 4 heteroatoms. The van der Waals surface area contributed by atoms with Crippen LogP contribution < -0.4 is 5.73 Å². The molecule has 0 radical (unpaired) electrons. The minimum Gasteiger partial charge on any atom is -0.326 e. The van der Waals surface area contributed by atoms with Gasteiger partial charge in [0, 0.05) is 27.9 Å². The standard InChI is InChI=1S/C13H13ClN2S/c14-10-5-3-9(4-6-10)13-16-12(8-1-2-8)11(7-15)17-13/h3-6,8H,1-2,7,15H2. The lowest BCUT2D eigenvalue weighted by molar-refractivity contribution is 0.980. The fraction of sp³-hybridized carbons (Fsp3) is 0.308. The van der Waals surface area contributed by atoms with Crippen LogP contribution in [0.5, 0.6) is 0 Å². The molecule has 0 spiro atoms. The van der Waals surface area contributed by atoms with E-state index in [4.69, 9.17) is 22.3 Å². The van der Waals surface area contributed by atoms with E-state index in [9.17, 15) is 0 Å². The third kappa shape index (κ3) is 2.23. The van der Waals surface area contributed by atoms with Crippen LogP contribution in [0.1, 0.15) is 29.3 Å². The fourth-order valence-electron chi connectivity index (χ4n) is 1.90. The van der Waals surface area contributed by atoms with Gasteiger partial charge in [-0.1, -0.05) is 23.7 Å². The van der Waals surface area contributed by atoms with Gasteiger partial charge in [0.15, 0.2) is 0 Å². The molecule has 0 unspecified atom stereocenters. The van der Waals surface area contributed by atoms with E-state index in [0.29, 0.717) is 12.5 Å². The van der Waals surface area contributed by atoms with Gasteiger partial charge < -0.3 is 5.73 Å². The highest BCUT2D eigenvalue weighted by Crippen LogP contribution is 2.44. The molecule has 2 N–H and O–H groups in total. The van der Waals surface area contributed by atoms with Crippen LogP contribution in [-0.4, -0.2) is 4.98 Å². The van der Waals surface area contributed by atoms with Gasteiger partial charge in [0.2, 0.25) is 0 Å². The van der Waals surface area contributed by atoms with Crippen molar-refractivity contribution in [3.8, 4) is 10.6 Å². The summed E-state index contributed by atoms with van der Waals surface area (Å²) in [6.45, 7) is 0.594. The third-order valence-electron chi connectivity index (χ3n) is 2.97. The van der Waals surface area contributed by atoms with Crippen molar-refractivity contribution < 1.29 is 0 Å². The Morgan fingerprint density at radius 3 is 2.59 bits per heavy atom. The highest BCUT2D eigenvalue weighted by atomic mass is 35.5. The largest absolute Gasteiger partial charge is 0.326 e. The highest BCUT2D eigenvalue weighted by molar-refractivity contribution is 7.15.